The Labute approximate surface area is 95.0 Å². The normalized spacial score (nSPS) is 10.6. The van der Waals surface area contributed by atoms with Crippen LogP contribution in [0.3, 0.4) is 0 Å². The van der Waals surface area contributed by atoms with Crippen molar-refractivity contribution >= 4 is 17.8 Å². The number of carbonyl (C=O) groups is 2. The van der Waals surface area contributed by atoms with Crippen LogP contribution in [0.1, 0.15) is 24.5 Å². The van der Waals surface area contributed by atoms with Crippen molar-refractivity contribution in [3.05, 3.63) is 41.5 Å². The van der Waals surface area contributed by atoms with E-state index in [-0.39, 0.29) is 18.1 Å². The molecule has 0 saturated heterocycles. The van der Waals surface area contributed by atoms with Crippen molar-refractivity contribution in [3.8, 4) is 0 Å². The van der Waals surface area contributed by atoms with E-state index in [9.17, 15) is 9.59 Å². The van der Waals surface area contributed by atoms with Crippen molar-refractivity contribution in [1.29, 1.82) is 0 Å². The van der Waals surface area contributed by atoms with E-state index in [1.54, 1.807) is 13.0 Å². The molecule has 0 aliphatic rings. The van der Waals surface area contributed by atoms with E-state index >= 15 is 0 Å². The topological polar surface area (TPSA) is 60.2 Å². The maximum absolute atomic E-state index is 10.9. The summed E-state index contributed by atoms with van der Waals surface area (Å²) >= 11 is 0. The fourth-order valence-corrected chi connectivity index (χ4v) is 1.41. The molecule has 1 rings (SSSR count). The maximum atomic E-state index is 10.9. The SMILES string of the molecule is CC(=O)Cc1cccc(C=CCC(N)=O)c1. The van der Waals surface area contributed by atoms with E-state index in [2.05, 4.69) is 0 Å². The minimum absolute atomic E-state index is 0.137. The molecule has 0 heterocycles. The van der Waals surface area contributed by atoms with Gasteiger partial charge in [-0.25, -0.2) is 0 Å². The quantitative estimate of drug-likeness (QED) is 0.816. The molecule has 0 atom stereocenters. The molecule has 0 aromatic heterocycles. The average Bonchev–Trinajstić information content (AvgIpc) is 2.16. The summed E-state index contributed by atoms with van der Waals surface area (Å²) in [4.78, 5) is 21.5. The average molecular weight is 217 g/mol. The molecule has 0 fully saturated rings. The molecule has 1 amide bonds. The Morgan fingerprint density at radius 2 is 2.12 bits per heavy atom. The van der Waals surface area contributed by atoms with E-state index in [1.807, 2.05) is 30.3 Å². The molecule has 0 spiro atoms. The van der Waals surface area contributed by atoms with Gasteiger partial charge in [0.2, 0.25) is 5.91 Å². The highest BCUT2D eigenvalue weighted by molar-refractivity contribution is 5.78. The Morgan fingerprint density at radius 1 is 1.38 bits per heavy atom. The zero-order chi connectivity index (χ0) is 12.0. The molecule has 0 unspecified atom stereocenters. The smallest absolute Gasteiger partial charge is 0.221 e. The molecule has 1 aromatic rings. The first-order valence-corrected chi connectivity index (χ1v) is 5.11. The van der Waals surface area contributed by atoms with Gasteiger partial charge in [0.05, 0.1) is 0 Å². The predicted octanol–water partition coefficient (Wildman–Crippen LogP) is 1.71. The molecule has 0 bridgehead atoms. The second-order valence-corrected chi connectivity index (χ2v) is 3.70. The van der Waals surface area contributed by atoms with Gasteiger partial charge in [-0.2, -0.15) is 0 Å². The van der Waals surface area contributed by atoms with Gasteiger partial charge in [0.25, 0.3) is 0 Å². The number of nitrogens with two attached hydrogens (primary N) is 1. The Morgan fingerprint density at radius 3 is 2.75 bits per heavy atom. The highest BCUT2D eigenvalue weighted by atomic mass is 16.1. The molecule has 0 aliphatic carbocycles. The molecule has 84 valence electrons. The van der Waals surface area contributed by atoms with E-state index in [1.165, 1.54) is 0 Å². The van der Waals surface area contributed by atoms with E-state index < -0.39 is 0 Å². The van der Waals surface area contributed by atoms with Gasteiger partial charge in [-0.15, -0.1) is 0 Å². The number of carbonyl (C=O) groups excluding carboxylic acids is 2. The molecule has 0 saturated carbocycles. The first-order chi connectivity index (χ1) is 7.58. The minimum Gasteiger partial charge on any atom is -0.369 e. The van der Waals surface area contributed by atoms with Gasteiger partial charge < -0.3 is 5.73 Å². The number of rotatable bonds is 5. The molecular weight excluding hydrogens is 202 g/mol. The van der Waals surface area contributed by atoms with Crippen LogP contribution >= 0.6 is 0 Å². The lowest BCUT2D eigenvalue weighted by Crippen LogP contribution is -2.07. The summed E-state index contributed by atoms with van der Waals surface area (Å²) in [5.74, 6) is -0.214. The van der Waals surface area contributed by atoms with Crippen molar-refractivity contribution in [1.82, 2.24) is 0 Å². The summed E-state index contributed by atoms with van der Waals surface area (Å²) < 4.78 is 0. The molecule has 0 radical (unpaired) electrons. The summed E-state index contributed by atoms with van der Waals surface area (Å²) in [6, 6.07) is 7.65. The molecule has 1 aromatic carbocycles. The highest BCUT2D eigenvalue weighted by Gasteiger charge is 1.97. The lowest BCUT2D eigenvalue weighted by Gasteiger charge is -1.99. The largest absolute Gasteiger partial charge is 0.369 e. The lowest BCUT2D eigenvalue weighted by molar-refractivity contribution is -0.117. The van der Waals surface area contributed by atoms with Crippen LogP contribution in [0.15, 0.2) is 30.3 Å². The van der Waals surface area contributed by atoms with Crippen molar-refractivity contribution in [2.45, 2.75) is 19.8 Å². The Balaban J connectivity index is 2.70. The van der Waals surface area contributed by atoms with Crippen molar-refractivity contribution < 1.29 is 9.59 Å². The maximum Gasteiger partial charge on any atom is 0.221 e. The predicted molar refractivity (Wildman–Crippen MR) is 63.7 cm³/mol. The summed E-state index contributed by atoms with van der Waals surface area (Å²) in [6.45, 7) is 1.57. The number of primary amides is 1. The molecule has 0 aliphatic heterocycles. The fraction of sp³-hybridized carbons (Fsp3) is 0.231. The summed E-state index contributed by atoms with van der Waals surface area (Å²) in [5.41, 5.74) is 6.97. The number of benzene rings is 1. The van der Waals surface area contributed by atoms with Crippen LogP contribution in [-0.4, -0.2) is 11.7 Å². The summed E-state index contributed by atoms with van der Waals surface area (Å²) in [7, 11) is 0. The van der Waals surface area contributed by atoms with Crippen LogP contribution in [0.25, 0.3) is 6.08 Å². The third-order valence-electron chi connectivity index (χ3n) is 2.03. The first-order valence-electron chi connectivity index (χ1n) is 5.11. The van der Waals surface area contributed by atoms with Crippen LogP contribution in [0.4, 0.5) is 0 Å². The molecule has 3 nitrogen and oxygen atoms in total. The van der Waals surface area contributed by atoms with Gasteiger partial charge in [0.15, 0.2) is 0 Å². The van der Waals surface area contributed by atoms with Gasteiger partial charge in [0, 0.05) is 12.8 Å². The van der Waals surface area contributed by atoms with Gasteiger partial charge >= 0.3 is 0 Å². The molecule has 3 heteroatoms. The van der Waals surface area contributed by atoms with E-state index in [4.69, 9.17) is 5.73 Å². The summed E-state index contributed by atoms with van der Waals surface area (Å²) in [5, 5.41) is 0. The standard InChI is InChI=1S/C13H15NO2/c1-10(15)8-12-6-2-4-11(9-12)5-3-7-13(14)16/h2-6,9H,7-8H2,1H3,(H2,14,16). The van der Waals surface area contributed by atoms with Gasteiger partial charge in [-0.05, 0) is 18.1 Å². The van der Waals surface area contributed by atoms with Crippen LogP contribution < -0.4 is 5.73 Å². The summed E-state index contributed by atoms with van der Waals surface area (Å²) in [6.07, 6.45) is 4.22. The van der Waals surface area contributed by atoms with Crippen LogP contribution in [-0.2, 0) is 16.0 Å². The Bertz CT molecular complexity index is 422. The Hall–Kier alpha value is -1.90. The van der Waals surface area contributed by atoms with Crippen molar-refractivity contribution in [2.24, 2.45) is 5.73 Å². The number of hydrogen-bond donors (Lipinski definition) is 1. The van der Waals surface area contributed by atoms with E-state index in [0.29, 0.717) is 6.42 Å². The molecular formula is C13H15NO2. The van der Waals surface area contributed by atoms with Crippen LogP contribution in [0.5, 0.6) is 0 Å². The number of ketones is 1. The van der Waals surface area contributed by atoms with Crippen molar-refractivity contribution in [3.63, 3.8) is 0 Å². The van der Waals surface area contributed by atoms with Crippen LogP contribution in [0, 0.1) is 0 Å². The monoisotopic (exact) mass is 217 g/mol. The van der Waals surface area contributed by atoms with Gasteiger partial charge in [-0.3, -0.25) is 9.59 Å². The lowest BCUT2D eigenvalue weighted by atomic mass is 10.1. The molecule has 16 heavy (non-hydrogen) atoms. The zero-order valence-corrected chi connectivity index (χ0v) is 9.27. The van der Waals surface area contributed by atoms with Gasteiger partial charge in [0.1, 0.15) is 5.78 Å². The third-order valence-corrected chi connectivity index (χ3v) is 2.03. The Kier molecular flexibility index (Phi) is 4.45. The minimum atomic E-state index is -0.351. The number of amides is 1. The first kappa shape index (κ1) is 12.2. The highest BCUT2D eigenvalue weighted by Crippen LogP contribution is 2.08. The van der Waals surface area contributed by atoms with Crippen molar-refractivity contribution in [2.75, 3.05) is 0 Å². The van der Waals surface area contributed by atoms with Gasteiger partial charge in [-0.1, -0.05) is 36.4 Å². The second kappa shape index (κ2) is 5.85. The number of hydrogen-bond acceptors (Lipinski definition) is 2. The molecule has 2 N–H and O–H groups in total. The second-order valence-electron chi connectivity index (χ2n) is 3.70. The fourth-order valence-electron chi connectivity index (χ4n) is 1.41. The number of Topliss-reactive ketones (excluding diaryl/α,β-unsaturated/α-hetero) is 1. The van der Waals surface area contributed by atoms with E-state index in [0.717, 1.165) is 11.1 Å². The third kappa shape index (κ3) is 4.55. The van der Waals surface area contributed by atoms with Crippen LogP contribution in [0.2, 0.25) is 0 Å². The zero-order valence-electron chi connectivity index (χ0n) is 9.27.